The normalized spacial score (nSPS) is 14.3. The predicted octanol–water partition coefficient (Wildman–Crippen LogP) is 3.93. The van der Waals surface area contributed by atoms with Crippen molar-refractivity contribution in [3.05, 3.63) is 29.8 Å². The average molecular weight is 334 g/mol. The van der Waals surface area contributed by atoms with Gasteiger partial charge < -0.3 is 0 Å². The van der Waals surface area contributed by atoms with Crippen LogP contribution in [-0.4, -0.2) is 14.2 Å². The van der Waals surface area contributed by atoms with Crippen molar-refractivity contribution in [2.75, 3.05) is 10.5 Å². The summed E-state index contributed by atoms with van der Waals surface area (Å²) in [6.45, 7) is 7.69. The summed E-state index contributed by atoms with van der Waals surface area (Å²) >= 11 is 3.47. The third kappa shape index (κ3) is 4.98. The molecule has 18 heavy (non-hydrogen) atoms. The topological polar surface area (TPSA) is 46.2 Å². The molecule has 0 saturated carbocycles. The Morgan fingerprint density at radius 2 is 1.83 bits per heavy atom. The summed E-state index contributed by atoms with van der Waals surface area (Å²) in [4.78, 5) is 0.103. The molecule has 0 saturated heterocycles. The number of para-hydroxylation sites is 1. The average Bonchev–Trinajstić information content (AvgIpc) is 2.13. The van der Waals surface area contributed by atoms with E-state index in [9.17, 15) is 8.42 Å². The molecule has 0 aromatic heterocycles. The van der Waals surface area contributed by atoms with Crippen LogP contribution < -0.4 is 4.72 Å². The molecule has 0 heterocycles. The number of nitrogens with one attached hydrogen (secondary N) is 1. The third-order valence-electron chi connectivity index (χ3n) is 2.28. The first kappa shape index (κ1) is 15.5. The highest BCUT2D eigenvalue weighted by Crippen LogP contribution is 2.29. The maximum absolute atomic E-state index is 12.1. The van der Waals surface area contributed by atoms with Crippen molar-refractivity contribution in [2.45, 2.75) is 32.5 Å². The van der Waals surface area contributed by atoms with Crippen LogP contribution in [0.2, 0.25) is 0 Å². The van der Waals surface area contributed by atoms with Crippen molar-refractivity contribution >= 4 is 31.6 Å². The van der Waals surface area contributed by atoms with Crippen molar-refractivity contribution in [3.63, 3.8) is 0 Å². The summed E-state index contributed by atoms with van der Waals surface area (Å²) in [5, 5.41) is 0. The molecule has 1 aromatic rings. The zero-order valence-corrected chi connectivity index (χ0v) is 13.6. The van der Waals surface area contributed by atoms with Crippen LogP contribution in [0.4, 0.5) is 5.69 Å². The summed E-state index contributed by atoms with van der Waals surface area (Å²) in [6.07, 6.45) is 0. The van der Waals surface area contributed by atoms with Gasteiger partial charge in [0, 0.05) is 4.83 Å². The van der Waals surface area contributed by atoms with Gasteiger partial charge in [-0.15, -0.1) is 0 Å². The molecule has 0 radical (unpaired) electrons. The lowest BCUT2D eigenvalue weighted by atomic mass is 10.0. The first-order chi connectivity index (χ1) is 8.11. The van der Waals surface area contributed by atoms with E-state index in [-0.39, 0.29) is 16.0 Å². The second-order valence-corrected chi connectivity index (χ2v) is 8.72. The van der Waals surface area contributed by atoms with Crippen LogP contribution in [0.25, 0.3) is 0 Å². The van der Waals surface area contributed by atoms with Crippen LogP contribution in [-0.2, 0) is 10.0 Å². The van der Waals surface area contributed by atoms with Crippen LogP contribution in [0.1, 0.15) is 38.1 Å². The minimum atomic E-state index is -3.32. The van der Waals surface area contributed by atoms with Gasteiger partial charge in [-0.05, 0) is 24.0 Å². The quantitative estimate of drug-likeness (QED) is 0.848. The number of halogens is 1. The molecule has 1 unspecified atom stereocenters. The highest BCUT2D eigenvalue weighted by atomic mass is 79.9. The molecule has 1 aromatic carbocycles. The number of rotatable bonds is 4. The Morgan fingerprint density at radius 3 is 2.33 bits per heavy atom. The number of sulfonamides is 1. The van der Waals surface area contributed by atoms with Crippen molar-refractivity contribution in [1.29, 1.82) is 0 Å². The first-order valence-corrected chi connectivity index (χ1v) is 8.41. The summed E-state index contributed by atoms with van der Waals surface area (Å²) < 4.78 is 26.8. The molecular weight excluding hydrogens is 314 g/mol. The van der Waals surface area contributed by atoms with E-state index in [4.69, 9.17) is 0 Å². The van der Waals surface area contributed by atoms with Gasteiger partial charge in [-0.3, -0.25) is 4.72 Å². The van der Waals surface area contributed by atoms with Crippen LogP contribution in [0.5, 0.6) is 0 Å². The van der Waals surface area contributed by atoms with Gasteiger partial charge >= 0.3 is 0 Å². The molecule has 0 aliphatic carbocycles. The second-order valence-electron chi connectivity index (χ2n) is 5.63. The molecule has 5 heteroatoms. The molecule has 1 atom stereocenters. The van der Waals surface area contributed by atoms with Gasteiger partial charge in [0.15, 0.2) is 0 Å². The fourth-order valence-electron chi connectivity index (χ4n) is 1.71. The minimum Gasteiger partial charge on any atom is -0.283 e. The van der Waals surface area contributed by atoms with Gasteiger partial charge in [-0.2, -0.15) is 0 Å². The van der Waals surface area contributed by atoms with Gasteiger partial charge in [0.25, 0.3) is 0 Å². The van der Waals surface area contributed by atoms with Crippen LogP contribution in [0.3, 0.4) is 0 Å². The molecule has 1 rings (SSSR count). The first-order valence-electron chi connectivity index (χ1n) is 5.84. The van der Waals surface area contributed by atoms with Crippen molar-refractivity contribution in [3.8, 4) is 0 Å². The number of hydrogen-bond acceptors (Lipinski definition) is 2. The lowest BCUT2D eigenvalue weighted by molar-refractivity contribution is 0.463. The molecule has 0 spiro atoms. The minimum absolute atomic E-state index is 0.102. The zero-order valence-electron chi connectivity index (χ0n) is 11.2. The maximum atomic E-state index is 12.1. The van der Waals surface area contributed by atoms with E-state index in [1.165, 1.54) is 0 Å². The van der Waals surface area contributed by atoms with Crippen LogP contribution >= 0.6 is 15.9 Å². The fraction of sp³-hybridized carbons (Fsp3) is 0.538. The van der Waals surface area contributed by atoms with E-state index in [0.717, 1.165) is 5.56 Å². The molecule has 0 aliphatic rings. The van der Waals surface area contributed by atoms with Crippen molar-refractivity contribution in [1.82, 2.24) is 0 Å². The molecule has 3 nitrogen and oxygen atoms in total. The summed E-state index contributed by atoms with van der Waals surface area (Å²) in [5.74, 6) is 0.102. The molecule has 1 N–H and O–H groups in total. The third-order valence-corrected chi connectivity index (χ3v) is 4.55. The van der Waals surface area contributed by atoms with E-state index in [1.807, 2.05) is 45.9 Å². The predicted molar refractivity (Wildman–Crippen MR) is 80.6 cm³/mol. The number of hydrogen-bond donors (Lipinski definition) is 1. The fourth-order valence-corrected chi connectivity index (χ4v) is 3.84. The number of anilines is 1. The Hall–Kier alpha value is -0.550. The van der Waals surface area contributed by atoms with Crippen LogP contribution in [0.15, 0.2) is 24.3 Å². The van der Waals surface area contributed by atoms with Gasteiger partial charge in [0.1, 0.15) is 0 Å². The molecule has 0 fully saturated rings. The summed E-state index contributed by atoms with van der Waals surface area (Å²) in [5.41, 5.74) is 1.32. The van der Waals surface area contributed by atoms with E-state index in [2.05, 4.69) is 20.7 Å². The Morgan fingerprint density at radius 1 is 1.28 bits per heavy atom. The van der Waals surface area contributed by atoms with Crippen molar-refractivity contribution < 1.29 is 8.42 Å². The standard InChI is InChI=1S/C13H20BrNO2S/c1-10(14)11-7-5-6-8-12(11)15-18(16,17)9-13(2,3)4/h5-8,10,15H,9H2,1-4H3. The zero-order chi connectivity index (χ0) is 14.0. The van der Waals surface area contributed by atoms with Gasteiger partial charge in [0.05, 0.1) is 11.4 Å². The van der Waals surface area contributed by atoms with Crippen LogP contribution in [0, 0.1) is 5.41 Å². The van der Waals surface area contributed by atoms with Gasteiger partial charge in [-0.25, -0.2) is 8.42 Å². The molecule has 102 valence electrons. The highest BCUT2D eigenvalue weighted by Gasteiger charge is 2.22. The van der Waals surface area contributed by atoms with E-state index in [0.29, 0.717) is 5.69 Å². The molecule has 0 aliphatic heterocycles. The number of alkyl halides is 1. The Kier molecular flexibility index (Phi) is 4.84. The highest BCUT2D eigenvalue weighted by molar-refractivity contribution is 9.09. The largest absolute Gasteiger partial charge is 0.283 e. The lowest BCUT2D eigenvalue weighted by Gasteiger charge is -2.20. The Bertz CT molecular complexity index is 504. The Balaban J connectivity index is 2.98. The van der Waals surface area contributed by atoms with E-state index < -0.39 is 10.0 Å². The summed E-state index contributed by atoms with van der Waals surface area (Å²) in [6, 6.07) is 7.42. The van der Waals surface area contributed by atoms with Gasteiger partial charge in [-0.1, -0.05) is 54.9 Å². The van der Waals surface area contributed by atoms with E-state index in [1.54, 1.807) is 6.07 Å². The van der Waals surface area contributed by atoms with Crippen molar-refractivity contribution in [2.24, 2.45) is 5.41 Å². The lowest BCUT2D eigenvalue weighted by Crippen LogP contribution is -2.26. The van der Waals surface area contributed by atoms with Gasteiger partial charge in [0.2, 0.25) is 10.0 Å². The Labute approximate surface area is 118 Å². The SMILES string of the molecule is CC(Br)c1ccccc1NS(=O)(=O)CC(C)(C)C. The second kappa shape index (κ2) is 5.61. The smallest absolute Gasteiger partial charge is 0.233 e. The molecular formula is C13H20BrNO2S. The van der Waals surface area contributed by atoms with E-state index >= 15 is 0 Å². The maximum Gasteiger partial charge on any atom is 0.233 e. The summed E-state index contributed by atoms with van der Waals surface area (Å²) in [7, 11) is -3.32. The monoisotopic (exact) mass is 333 g/mol. The number of benzene rings is 1. The molecule has 0 bridgehead atoms. The molecule has 0 amide bonds.